The lowest BCUT2D eigenvalue weighted by atomic mass is 10.2. The van der Waals surface area contributed by atoms with Gasteiger partial charge in [0, 0.05) is 0 Å². The van der Waals surface area contributed by atoms with Crippen LogP contribution < -0.4 is 0 Å². The zero-order chi connectivity index (χ0) is 17.7. The van der Waals surface area contributed by atoms with Crippen LogP contribution >= 0.6 is 0 Å². The highest BCUT2D eigenvalue weighted by Gasteiger charge is 1.84. The lowest BCUT2D eigenvalue weighted by Crippen LogP contribution is -1.68. The Morgan fingerprint density at radius 1 is 0.560 bits per heavy atom. The second-order valence-corrected chi connectivity index (χ2v) is 5.34. The molecule has 0 atom stereocenters. The van der Waals surface area contributed by atoms with Gasteiger partial charge in [-0.05, 0) is 28.8 Å². The van der Waals surface area contributed by atoms with Crippen molar-refractivity contribution in [1.82, 2.24) is 0 Å². The smallest absolute Gasteiger partial charge is 0.115 e. The molecule has 0 aromatic heterocycles. The molecule has 0 aliphatic heterocycles. The molecule has 0 amide bonds. The van der Waals surface area contributed by atoms with Crippen LogP contribution in [0.2, 0.25) is 0 Å². The van der Waals surface area contributed by atoms with Gasteiger partial charge in [0.15, 0.2) is 0 Å². The van der Waals surface area contributed by atoms with E-state index in [4.69, 9.17) is 5.11 Å². The molecule has 124 valence electrons. The van der Waals surface area contributed by atoms with Gasteiger partial charge in [-0.25, -0.2) is 0 Å². The molecule has 1 nitrogen and oxygen atoms in total. The SMILES string of the molecule is C(C=Cc1ccccc1)=Cc1ccccc1.C=Cc1ccc(O)cc1. The molecule has 0 aliphatic carbocycles. The number of phenolic OH excluding ortho intramolecular Hbond substituents is 1. The molecule has 1 heteroatoms. The third-order valence-electron chi connectivity index (χ3n) is 3.42. The van der Waals surface area contributed by atoms with E-state index < -0.39 is 0 Å². The Bertz CT molecular complexity index is 750. The third-order valence-corrected chi connectivity index (χ3v) is 3.42. The van der Waals surface area contributed by atoms with Crippen molar-refractivity contribution in [3.05, 3.63) is 120 Å². The molecular formula is C24H22O. The number of hydrogen-bond acceptors (Lipinski definition) is 1. The van der Waals surface area contributed by atoms with Gasteiger partial charge in [-0.2, -0.15) is 0 Å². The molecule has 25 heavy (non-hydrogen) atoms. The molecule has 0 bridgehead atoms. The van der Waals surface area contributed by atoms with Gasteiger partial charge in [0.1, 0.15) is 5.75 Å². The molecule has 0 saturated carbocycles. The molecule has 0 heterocycles. The Hall–Kier alpha value is -3.32. The fourth-order valence-corrected chi connectivity index (χ4v) is 2.07. The Morgan fingerprint density at radius 3 is 1.40 bits per heavy atom. The highest BCUT2D eigenvalue weighted by molar-refractivity contribution is 5.56. The van der Waals surface area contributed by atoms with Gasteiger partial charge in [0.25, 0.3) is 0 Å². The molecule has 0 fully saturated rings. The van der Waals surface area contributed by atoms with Crippen LogP contribution in [-0.2, 0) is 0 Å². The van der Waals surface area contributed by atoms with Crippen LogP contribution in [0.1, 0.15) is 16.7 Å². The summed E-state index contributed by atoms with van der Waals surface area (Å²) in [5.74, 6) is 0.292. The van der Waals surface area contributed by atoms with E-state index in [9.17, 15) is 0 Å². The van der Waals surface area contributed by atoms with E-state index in [1.54, 1.807) is 18.2 Å². The average Bonchev–Trinajstić information content (AvgIpc) is 2.68. The van der Waals surface area contributed by atoms with E-state index in [1.807, 2.05) is 48.5 Å². The molecule has 1 N–H and O–H groups in total. The monoisotopic (exact) mass is 326 g/mol. The Morgan fingerprint density at radius 2 is 1.00 bits per heavy atom. The summed E-state index contributed by atoms with van der Waals surface area (Å²) >= 11 is 0. The summed E-state index contributed by atoms with van der Waals surface area (Å²) in [6.45, 7) is 3.58. The second-order valence-electron chi connectivity index (χ2n) is 5.34. The number of benzene rings is 3. The van der Waals surface area contributed by atoms with Gasteiger partial charge in [-0.15, -0.1) is 0 Å². The van der Waals surface area contributed by atoms with E-state index >= 15 is 0 Å². The third kappa shape index (κ3) is 7.19. The fourth-order valence-electron chi connectivity index (χ4n) is 2.07. The Balaban J connectivity index is 0.000000212. The van der Waals surface area contributed by atoms with E-state index in [0.29, 0.717) is 5.75 Å². The Labute approximate surface area is 149 Å². The molecule has 0 saturated heterocycles. The summed E-state index contributed by atoms with van der Waals surface area (Å²) in [5, 5.41) is 8.82. The van der Waals surface area contributed by atoms with Crippen molar-refractivity contribution in [2.24, 2.45) is 0 Å². The van der Waals surface area contributed by atoms with Crippen LogP contribution in [0.5, 0.6) is 5.75 Å². The van der Waals surface area contributed by atoms with Crippen molar-refractivity contribution < 1.29 is 5.11 Å². The predicted molar refractivity (Wildman–Crippen MR) is 109 cm³/mol. The summed E-state index contributed by atoms with van der Waals surface area (Å²) < 4.78 is 0. The minimum atomic E-state index is 0.292. The summed E-state index contributed by atoms with van der Waals surface area (Å²) in [6.07, 6.45) is 10.0. The number of phenols is 1. The van der Waals surface area contributed by atoms with Gasteiger partial charge >= 0.3 is 0 Å². The maximum Gasteiger partial charge on any atom is 0.115 e. The molecule has 0 radical (unpaired) electrons. The highest BCUT2D eigenvalue weighted by atomic mass is 16.3. The molecule has 3 aromatic carbocycles. The first-order valence-corrected chi connectivity index (χ1v) is 8.14. The van der Waals surface area contributed by atoms with E-state index in [0.717, 1.165) is 5.56 Å². The summed E-state index contributed by atoms with van der Waals surface area (Å²) in [5.41, 5.74) is 3.47. The fraction of sp³-hybridized carbons (Fsp3) is 0. The lowest BCUT2D eigenvalue weighted by Gasteiger charge is -1.90. The molecule has 3 rings (SSSR count). The first-order valence-electron chi connectivity index (χ1n) is 8.14. The van der Waals surface area contributed by atoms with Crippen LogP contribution in [0.3, 0.4) is 0 Å². The van der Waals surface area contributed by atoms with Crippen LogP contribution in [-0.4, -0.2) is 5.11 Å². The van der Waals surface area contributed by atoms with Gasteiger partial charge in [-0.3, -0.25) is 0 Å². The average molecular weight is 326 g/mol. The first-order chi connectivity index (χ1) is 12.3. The first kappa shape index (κ1) is 18.0. The maximum atomic E-state index is 8.82. The van der Waals surface area contributed by atoms with Crippen LogP contribution in [0.4, 0.5) is 0 Å². The molecule has 0 spiro atoms. The number of rotatable bonds is 4. The quantitative estimate of drug-likeness (QED) is 0.546. The normalized spacial score (nSPS) is 10.4. The van der Waals surface area contributed by atoms with Crippen molar-refractivity contribution >= 4 is 18.2 Å². The standard InChI is InChI=1S/C16H14.C8H8O/c1-3-9-15(10-4-1)13-7-8-14-16-11-5-2-6-12-16;1-2-7-3-5-8(9)6-4-7/h1-14H;2-6,9H,1H2. The molecule has 0 unspecified atom stereocenters. The highest BCUT2D eigenvalue weighted by Crippen LogP contribution is 2.09. The van der Waals surface area contributed by atoms with Crippen molar-refractivity contribution in [1.29, 1.82) is 0 Å². The van der Waals surface area contributed by atoms with E-state index in [-0.39, 0.29) is 0 Å². The van der Waals surface area contributed by atoms with Gasteiger partial charge in [0.05, 0.1) is 0 Å². The minimum absolute atomic E-state index is 0.292. The zero-order valence-electron chi connectivity index (χ0n) is 14.1. The van der Waals surface area contributed by atoms with Crippen molar-refractivity contribution in [3.8, 4) is 5.75 Å². The molecular weight excluding hydrogens is 304 g/mol. The number of allylic oxidation sites excluding steroid dienone is 2. The molecule has 0 aliphatic rings. The van der Waals surface area contributed by atoms with Gasteiger partial charge in [-0.1, -0.05) is 110 Å². The number of hydrogen-bond donors (Lipinski definition) is 1. The van der Waals surface area contributed by atoms with Crippen LogP contribution in [0.15, 0.2) is 104 Å². The summed E-state index contributed by atoms with van der Waals surface area (Å²) in [4.78, 5) is 0. The number of aromatic hydroxyl groups is 1. The van der Waals surface area contributed by atoms with Crippen molar-refractivity contribution in [2.75, 3.05) is 0 Å². The van der Waals surface area contributed by atoms with E-state index in [1.165, 1.54) is 11.1 Å². The lowest BCUT2D eigenvalue weighted by molar-refractivity contribution is 0.475. The Kier molecular flexibility index (Phi) is 7.54. The summed E-state index contributed by atoms with van der Waals surface area (Å²) in [7, 11) is 0. The second kappa shape index (κ2) is 10.5. The van der Waals surface area contributed by atoms with Crippen molar-refractivity contribution in [2.45, 2.75) is 0 Å². The zero-order valence-corrected chi connectivity index (χ0v) is 14.1. The van der Waals surface area contributed by atoms with Gasteiger partial charge in [0.2, 0.25) is 0 Å². The van der Waals surface area contributed by atoms with Crippen LogP contribution in [0, 0.1) is 0 Å². The maximum absolute atomic E-state index is 8.82. The predicted octanol–water partition coefficient (Wildman–Crippen LogP) is 6.45. The van der Waals surface area contributed by atoms with Crippen molar-refractivity contribution in [3.63, 3.8) is 0 Å². The van der Waals surface area contributed by atoms with E-state index in [2.05, 4.69) is 55.1 Å². The van der Waals surface area contributed by atoms with Gasteiger partial charge < -0.3 is 5.11 Å². The van der Waals surface area contributed by atoms with Crippen LogP contribution in [0.25, 0.3) is 18.2 Å². The molecule has 3 aromatic rings. The topological polar surface area (TPSA) is 20.2 Å². The minimum Gasteiger partial charge on any atom is -0.508 e. The largest absolute Gasteiger partial charge is 0.508 e. The summed E-state index contributed by atoms with van der Waals surface area (Å²) in [6, 6.07) is 27.5.